The second kappa shape index (κ2) is 7.61. The highest BCUT2D eigenvalue weighted by atomic mass is 16.6. The fraction of sp³-hybridized carbons (Fsp3) is 0.348. The summed E-state index contributed by atoms with van der Waals surface area (Å²) in [4.78, 5) is 38.1. The van der Waals surface area contributed by atoms with E-state index in [2.05, 4.69) is 0 Å². The van der Waals surface area contributed by atoms with Gasteiger partial charge in [0, 0.05) is 17.7 Å². The van der Waals surface area contributed by atoms with Crippen molar-refractivity contribution in [1.82, 2.24) is 0 Å². The summed E-state index contributed by atoms with van der Waals surface area (Å²) in [7, 11) is 2.67. The van der Waals surface area contributed by atoms with E-state index in [4.69, 9.17) is 24.7 Å². The standard InChI is InChI=1S/C23H23NO7/c1-12-10-16(28-2)20-15(25)11-23(22(27)29-3,17-8-9-18(26)30-17)31-21(20)19(12)13-4-6-14(24)7-5-13/h4-7,10,17H,8-9,11,24H2,1-3H3. The largest absolute Gasteiger partial charge is 0.496 e. The van der Waals surface area contributed by atoms with Crippen LogP contribution in [-0.2, 0) is 19.1 Å². The highest BCUT2D eigenvalue weighted by Crippen LogP contribution is 2.49. The lowest BCUT2D eigenvalue weighted by Crippen LogP contribution is -2.58. The van der Waals surface area contributed by atoms with Crippen molar-refractivity contribution in [1.29, 1.82) is 0 Å². The van der Waals surface area contributed by atoms with E-state index in [1.54, 1.807) is 18.2 Å². The number of methoxy groups -OCH3 is 2. The first-order valence-electron chi connectivity index (χ1n) is 9.88. The molecule has 8 nitrogen and oxygen atoms in total. The summed E-state index contributed by atoms with van der Waals surface area (Å²) < 4.78 is 22.2. The lowest BCUT2D eigenvalue weighted by Gasteiger charge is -2.39. The molecule has 0 radical (unpaired) electrons. The average molecular weight is 425 g/mol. The van der Waals surface area contributed by atoms with Crippen LogP contribution in [0.2, 0.25) is 0 Å². The number of anilines is 1. The second-order valence-electron chi connectivity index (χ2n) is 7.70. The Labute approximate surface area is 179 Å². The van der Waals surface area contributed by atoms with Crippen LogP contribution in [0.3, 0.4) is 0 Å². The monoisotopic (exact) mass is 425 g/mol. The van der Waals surface area contributed by atoms with Crippen LogP contribution < -0.4 is 15.2 Å². The Morgan fingerprint density at radius 1 is 1.16 bits per heavy atom. The molecule has 2 aliphatic rings. The third-order valence-electron chi connectivity index (χ3n) is 5.78. The minimum absolute atomic E-state index is 0.135. The smallest absolute Gasteiger partial charge is 0.354 e. The predicted octanol–water partition coefficient (Wildman–Crippen LogP) is 2.84. The third kappa shape index (κ3) is 3.28. The van der Waals surface area contributed by atoms with Crippen LogP contribution in [0.5, 0.6) is 11.5 Å². The molecule has 2 unspecified atom stereocenters. The first-order chi connectivity index (χ1) is 14.8. The van der Waals surface area contributed by atoms with Crippen molar-refractivity contribution in [3.8, 4) is 22.6 Å². The molecule has 0 bridgehead atoms. The van der Waals surface area contributed by atoms with E-state index in [1.807, 2.05) is 19.1 Å². The van der Waals surface area contributed by atoms with E-state index in [0.29, 0.717) is 17.0 Å². The molecule has 4 rings (SSSR count). The fourth-order valence-electron chi connectivity index (χ4n) is 4.29. The molecule has 162 valence electrons. The third-order valence-corrected chi connectivity index (χ3v) is 5.78. The normalized spacial score (nSPS) is 22.4. The maximum atomic E-state index is 13.4. The van der Waals surface area contributed by atoms with Gasteiger partial charge in [-0.05, 0) is 42.7 Å². The summed E-state index contributed by atoms with van der Waals surface area (Å²) in [5.74, 6) is -1.03. The molecule has 1 saturated heterocycles. The first kappa shape index (κ1) is 20.7. The topological polar surface area (TPSA) is 114 Å². The summed E-state index contributed by atoms with van der Waals surface area (Å²) in [6, 6.07) is 8.85. The van der Waals surface area contributed by atoms with Gasteiger partial charge in [0.05, 0.1) is 20.6 Å². The Kier molecular flexibility index (Phi) is 5.08. The Morgan fingerprint density at radius 2 is 1.87 bits per heavy atom. The SMILES string of the molecule is COC(=O)C1(C2CCC(=O)O2)CC(=O)c2c(OC)cc(C)c(-c3ccc(N)cc3)c2O1. The number of fused-ring (bicyclic) bond motifs is 1. The van der Waals surface area contributed by atoms with Crippen LogP contribution in [0.1, 0.15) is 35.2 Å². The van der Waals surface area contributed by atoms with Crippen LogP contribution in [-0.4, -0.2) is 43.6 Å². The molecule has 0 amide bonds. The van der Waals surface area contributed by atoms with E-state index >= 15 is 0 Å². The molecule has 0 aromatic heterocycles. The zero-order chi connectivity index (χ0) is 22.3. The number of rotatable bonds is 4. The summed E-state index contributed by atoms with van der Waals surface area (Å²) in [6.45, 7) is 1.85. The molecule has 2 N–H and O–H groups in total. The number of esters is 2. The minimum atomic E-state index is -1.77. The molecular formula is C23H23NO7. The van der Waals surface area contributed by atoms with Crippen molar-refractivity contribution in [2.24, 2.45) is 0 Å². The maximum absolute atomic E-state index is 13.4. The van der Waals surface area contributed by atoms with Crippen molar-refractivity contribution in [2.45, 2.75) is 37.9 Å². The maximum Gasteiger partial charge on any atom is 0.354 e. The molecule has 2 aromatic carbocycles. The van der Waals surface area contributed by atoms with E-state index < -0.39 is 23.6 Å². The fourth-order valence-corrected chi connectivity index (χ4v) is 4.29. The van der Waals surface area contributed by atoms with E-state index in [0.717, 1.165) is 11.1 Å². The quantitative estimate of drug-likeness (QED) is 0.588. The molecule has 2 heterocycles. The van der Waals surface area contributed by atoms with Gasteiger partial charge in [0.1, 0.15) is 17.1 Å². The van der Waals surface area contributed by atoms with Crippen molar-refractivity contribution in [3.63, 3.8) is 0 Å². The number of carbonyl (C=O) groups is 3. The summed E-state index contributed by atoms with van der Waals surface area (Å²) in [6.07, 6.45) is -0.882. The highest BCUT2D eigenvalue weighted by molar-refractivity contribution is 6.08. The first-order valence-corrected chi connectivity index (χ1v) is 9.88. The molecular weight excluding hydrogens is 402 g/mol. The number of Topliss-reactive ketones (excluding diaryl/α,β-unsaturated/α-hetero) is 1. The molecule has 0 saturated carbocycles. The number of ketones is 1. The minimum Gasteiger partial charge on any atom is -0.496 e. The van der Waals surface area contributed by atoms with Crippen LogP contribution >= 0.6 is 0 Å². The van der Waals surface area contributed by atoms with Gasteiger partial charge in [0.2, 0.25) is 5.60 Å². The van der Waals surface area contributed by atoms with Crippen molar-refractivity contribution < 1.29 is 33.3 Å². The molecule has 1 fully saturated rings. The number of ether oxygens (including phenoxy) is 4. The molecule has 2 atom stereocenters. The summed E-state index contributed by atoms with van der Waals surface area (Å²) >= 11 is 0. The van der Waals surface area contributed by atoms with Crippen LogP contribution in [0.25, 0.3) is 11.1 Å². The van der Waals surface area contributed by atoms with Crippen molar-refractivity contribution >= 4 is 23.4 Å². The zero-order valence-electron chi connectivity index (χ0n) is 17.5. The Hall–Kier alpha value is -3.55. The van der Waals surface area contributed by atoms with Gasteiger partial charge < -0.3 is 24.7 Å². The van der Waals surface area contributed by atoms with Crippen LogP contribution in [0.4, 0.5) is 5.69 Å². The molecule has 2 aromatic rings. The number of hydrogen-bond acceptors (Lipinski definition) is 8. The number of aryl methyl sites for hydroxylation is 1. The highest BCUT2D eigenvalue weighted by Gasteiger charge is 2.58. The lowest BCUT2D eigenvalue weighted by atomic mass is 9.82. The molecule has 8 heteroatoms. The predicted molar refractivity (Wildman–Crippen MR) is 111 cm³/mol. The molecule has 31 heavy (non-hydrogen) atoms. The molecule has 0 aliphatic carbocycles. The summed E-state index contributed by atoms with van der Waals surface area (Å²) in [5, 5.41) is 0. The lowest BCUT2D eigenvalue weighted by molar-refractivity contribution is -0.175. The number of carbonyl (C=O) groups excluding carboxylic acids is 3. The second-order valence-corrected chi connectivity index (χ2v) is 7.70. The van der Waals surface area contributed by atoms with Gasteiger partial charge in [-0.15, -0.1) is 0 Å². The van der Waals surface area contributed by atoms with Crippen LogP contribution in [0.15, 0.2) is 30.3 Å². The average Bonchev–Trinajstić information content (AvgIpc) is 3.20. The number of benzene rings is 2. The Bertz CT molecular complexity index is 1080. The van der Waals surface area contributed by atoms with Gasteiger partial charge in [0.15, 0.2) is 11.9 Å². The number of nitrogen functional groups attached to an aromatic ring is 1. The number of cyclic esters (lactones) is 1. The Balaban J connectivity index is 1.96. The van der Waals surface area contributed by atoms with Gasteiger partial charge in [-0.3, -0.25) is 9.59 Å². The van der Waals surface area contributed by atoms with E-state index in [-0.39, 0.29) is 36.4 Å². The van der Waals surface area contributed by atoms with Crippen molar-refractivity contribution in [2.75, 3.05) is 20.0 Å². The number of hydrogen-bond donors (Lipinski definition) is 1. The molecule has 0 spiro atoms. The van der Waals surface area contributed by atoms with Gasteiger partial charge in [0.25, 0.3) is 0 Å². The molecule has 2 aliphatic heterocycles. The van der Waals surface area contributed by atoms with Crippen molar-refractivity contribution in [3.05, 3.63) is 41.5 Å². The van der Waals surface area contributed by atoms with E-state index in [1.165, 1.54) is 14.2 Å². The van der Waals surface area contributed by atoms with E-state index in [9.17, 15) is 14.4 Å². The zero-order valence-corrected chi connectivity index (χ0v) is 17.5. The summed E-state index contributed by atoms with van der Waals surface area (Å²) in [5.41, 5.74) is 7.04. The van der Waals surface area contributed by atoms with Gasteiger partial charge in [-0.25, -0.2) is 4.79 Å². The van der Waals surface area contributed by atoms with Gasteiger partial charge in [-0.2, -0.15) is 0 Å². The van der Waals surface area contributed by atoms with Gasteiger partial charge in [-0.1, -0.05) is 12.1 Å². The number of nitrogens with two attached hydrogens (primary N) is 1. The Morgan fingerprint density at radius 3 is 2.45 bits per heavy atom. The van der Waals surface area contributed by atoms with Gasteiger partial charge >= 0.3 is 11.9 Å². The van der Waals surface area contributed by atoms with Crippen LogP contribution in [0, 0.1) is 6.92 Å².